The van der Waals surface area contributed by atoms with Crippen molar-refractivity contribution in [3.05, 3.63) is 53.9 Å². The predicted octanol–water partition coefficient (Wildman–Crippen LogP) is 4.32. The van der Waals surface area contributed by atoms with Gasteiger partial charge >= 0.3 is 12.4 Å². The second-order valence-electron chi connectivity index (χ2n) is 3.77. The lowest BCUT2D eigenvalue weighted by Crippen LogP contribution is -2.12. The minimum Gasteiger partial charge on any atom is -0.315 e. The van der Waals surface area contributed by atoms with Gasteiger partial charge in [0.15, 0.2) is 0 Å². The molecule has 1 nitrogen and oxygen atoms in total. The topological polar surface area (TPSA) is 4.93 Å². The molecule has 0 aliphatic rings. The molecule has 1 radical (unpaired) electrons. The molecule has 0 atom stereocenters. The van der Waals surface area contributed by atoms with Gasteiger partial charge in [0.2, 0.25) is 0 Å². The summed E-state index contributed by atoms with van der Waals surface area (Å²) in [6.45, 7) is 0. The van der Waals surface area contributed by atoms with Gasteiger partial charge in [-0.3, -0.25) is 0 Å². The lowest BCUT2D eigenvalue weighted by Gasteiger charge is -2.14. The van der Waals surface area contributed by atoms with Crippen LogP contribution in [0.3, 0.4) is 0 Å². The highest BCUT2D eigenvalue weighted by atomic mass is 19.4. The van der Waals surface area contributed by atoms with Gasteiger partial charge < -0.3 is 4.57 Å². The van der Waals surface area contributed by atoms with Crippen LogP contribution in [0.5, 0.6) is 0 Å². The summed E-state index contributed by atoms with van der Waals surface area (Å²) in [6, 6.07) is 4.21. The molecular weight excluding hydrogens is 272 g/mol. The van der Waals surface area contributed by atoms with Gasteiger partial charge in [0.25, 0.3) is 0 Å². The van der Waals surface area contributed by atoms with Gasteiger partial charge in [-0.25, -0.2) is 0 Å². The molecule has 0 saturated heterocycles. The fourth-order valence-corrected chi connectivity index (χ4v) is 1.53. The van der Waals surface area contributed by atoms with E-state index < -0.39 is 23.5 Å². The average Bonchev–Trinajstić information content (AvgIpc) is 2.79. The van der Waals surface area contributed by atoms with Gasteiger partial charge in [-0.1, -0.05) is 0 Å². The quantitative estimate of drug-likeness (QED) is 0.685. The number of alkyl halides is 6. The number of hydrogen-bond donors (Lipinski definition) is 0. The number of nitrogens with zero attached hydrogens (tertiary/aromatic N) is 1. The maximum atomic E-state index is 12.6. The van der Waals surface area contributed by atoms with Crippen LogP contribution in [0.2, 0.25) is 0 Å². The molecule has 2 aromatic rings. The first-order valence-electron chi connectivity index (χ1n) is 5.03. The molecule has 0 amide bonds. The van der Waals surface area contributed by atoms with Crippen LogP contribution in [0.15, 0.2) is 36.5 Å². The Morgan fingerprint density at radius 3 is 1.74 bits per heavy atom. The molecule has 19 heavy (non-hydrogen) atoms. The lowest BCUT2D eigenvalue weighted by molar-refractivity contribution is -0.143. The highest BCUT2D eigenvalue weighted by Crippen LogP contribution is 2.37. The fraction of sp³-hybridized carbons (Fsp3) is 0.167. The Hall–Kier alpha value is -1.92. The molecule has 1 aromatic carbocycles. The first-order chi connectivity index (χ1) is 8.68. The second-order valence-corrected chi connectivity index (χ2v) is 3.77. The van der Waals surface area contributed by atoms with Crippen molar-refractivity contribution < 1.29 is 26.3 Å². The Bertz CT molecular complexity index is 533. The number of aromatic nitrogens is 1. The fourth-order valence-electron chi connectivity index (χ4n) is 1.53. The largest absolute Gasteiger partial charge is 0.416 e. The molecule has 0 aliphatic carbocycles. The molecule has 0 N–H and O–H groups in total. The van der Waals surface area contributed by atoms with Gasteiger partial charge in [0, 0.05) is 11.9 Å². The molecule has 0 saturated carbocycles. The Morgan fingerprint density at radius 2 is 1.37 bits per heavy atom. The van der Waals surface area contributed by atoms with Crippen LogP contribution in [0, 0.1) is 6.20 Å². The van der Waals surface area contributed by atoms with E-state index in [4.69, 9.17) is 0 Å². The van der Waals surface area contributed by atoms with Gasteiger partial charge in [0.05, 0.1) is 17.3 Å². The van der Waals surface area contributed by atoms with Crippen molar-refractivity contribution in [3.63, 3.8) is 0 Å². The molecule has 101 valence electrons. The standard InChI is InChI=1S/C12H6F6N/c13-11(14,15)8-5-9(12(16,17)18)7-10(6-8)19-3-1-2-4-19/h1-3,5-7H. The Kier molecular flexibility index (Phi) is 3.07. The third kappa shape index (κ3) is 2.91. The maximum absolute atomic E-state index is 12.6. The molecule has 2 rings (SSSR count). The van der Waals surface area contributed by atoms with Crippen LogP contribution in [0.4, 0.5) is 26.3 Å². The Morgan fingerprint density at radius 1 is 0.842 bits per heavy atom. The highest BCUT2D eigenvalue weighted by Gasteiger charge is 2.37. The average molecular weight is 278 g/mol. The zero-order valence-electron chi connectivity index (χ0n) is 9.18. The van der Waals surface area contributed by atoms with E-state index in [2.05, 4.69) is 6.20 Å². The first kappa shape index (κ1) is 13.5. The van der Waals surface area contributed by atoms with Crippen molar-refractivity contribution in [2.75, 3.05) is 0 Å². The second kappa shape index (κ2) is 4.32. The number of rotatable bonds is 1. The summed E-state index contributed by atoms with van der Waals surface area (Å²) < 4.78 is 76.6. The van der Waals surface area contributed by atoms with Crippen molar-refractivity contribution in [3.8, 4) is 5.69 Å². The van der Waals surface area contributed by atoms with E-state index in [0.29, 0.717) is 12.1 Å². The maximum Gasteiger partial charge on any atom is 0.416 e. The summed E-state index contributed by atoms with van der Waals surface area (Å²) in [5.74, 6) is 0. The first-order valence-corrected chi connectivity index (χ1v) is 5.03. The van der Waals surface area contributed by atoms with Crippen LogP contribution in [0.1, 0.15) is 11.1 Å². The van der Waals surface area contributed by atoms with Gasteiger partial charge in [-0.2, -0.15) is 26.3 Å². The van der Waals surface area contributed by atoms with E-state index in [1.54, 1.807) is 0 Å². The van der Waals surface area contributed by atoms with Crippen LogP contribution in [-0.4, -0.2) is 4.57 Å². The Balaban J connectivity index is 2.62. The third-order valence-electron chi connectivity index (χ3n) is 2.40. The number of benzene rings is 1. The SMILES string of the molecule is FC(F)(F)c1cc(-n2[c]ccc2)cc(C(F)(F)F)c1. The molecule has 0 spiro atoms. The minimum absolute atomic E-state index is 0.0903. The van der Waals surface area contributed by atoms with Crippen molar-refractivity contribution >= 4 is 0 Å². The summed E-state index contributed by atoms with van der Waals surface area (Å²) >= 11 is 0. The summed E-state index contributed by atoms with van der Waals surface area (Å²) in [7, 11) is 0. The van der Waals surface area contributed by atoms with E-state index >= 15 is 0 Å². The summed E-state index contributed by atoms with van der Waals surface area (Å²) in [5.41, 5.74) is -2.94. The molecule has 0 unspecified atom stereocenters. The van der Waals surface area contributed by atoms with Crippen molar-refractivity contribution in [2.45, 2.75) is 12.4 Å². The zero-order valence-corrected chi connectivity index (χ0v) is 9.18. The zero-order chi connectivity index (χ0) is 14.3. The van der Waals surface area contributed by atoms with Gasteiger partial charge in [-0.15, -0.1) is 0 Å². The van der Waals surface area contributed by atoms with Crippen LogP contribution in [0.25, 0.3) is 5.69 Å². The van der Waals surface area contributed by atoms with Crippen LogP contribution in [-0.2, 0) is 12.4 Å². The summed E-state index contributed by atoms with van der Waals surface area (Å²) in [4.78, 5) is 0. The smallest absolute Gasteiger partial charge is 0.315 e. The molecule has 0 fully saturated rings. The molecule has 0 aliphatic heterocycles. The number of halogens is 6. The van der Waals surface area contributed by atoms with E-state index in [1.165, 1.54) is 18.3 Å². The number of hydrogen-bond acceptors (Lipinski definition) is 0. The van der Waals surface area contributed by atoms with E-state index in [0.717, 1.165) is 4.57 Å². The van der Waals surface area contributed by atoms with Crippen LogP contribution < -0.4 is 0 Å². The molecule has 1 aromatic heterocycles. The minimum atomic E-state index is -4.84. The monoisotopic (exact) mass is 278 g/mol. The molecular formula is C12H6F6N. The van der Waals surface area contributed by atoms with E-state index in [1.807, 2.05) is 0 Å². The third-order valence-corrected chi connectivity index (χ3v) is 2.40. The van der Waals surface area contributed by atoms with Crippen molar-refractivity contribution in [2.24, 2.45) is 0 Å². The summed E-state index contributed by atoms with van der Waals surface area (Å²) in [5, 5.41) is 0. The highest BCUT2D eigenvalue weighted by molar-refractivity contribution is 5.42. The van der Waals surface area contributed by atoms with Gasteiger partial charge in [0.1, 0.15) is 0 Å². The van der Waals surface area contributed by atoms with E-state index in [9.17, 15) is 26.3 Å². The van der Waals surface area contributed by atoms with E-state index in [-0.39, 0.29) is 11.8 Å². The Labute approximate surface area is 104 Å². The van der Waals surface area contributed by atoms with Gasteiger partial charge in [-0.05, 0) is 30.3 Å². The molecule has 0 bridgehead atoms. The summed E-state index contributed by atoms with van der Waals surface area (Å²) in [6.07, 6.45) is -5.88. The predicted molar refractivity (Wildman–Crippen MR) is 54.6 cm³/mol. The van der Waals surface area contributed by atoms with Crippen molar-refractivity contribution in [1.29, 1.82) is 0 Å². The molecule has 7 heteroatoms. The molecule has 1 heterocycles. The normalized spacial score (nSPS) is 12.7. The van der Waals surface area contributed by atoms with Crippen molar-refractivity contribution in [1.82, 2.24) is 4.57 Å². The lowest BCUT2D eigenvalue weighted by atomic mass is 10.1. The van der Waals surface area contributed by atoms with Crippen LogP contribution >= 0.6 is 0 Å².